The minimum atomic E-state index is -0.769. The predicted octanol–water partition coefficient (Wildman–Crippen LogP) is 7.02. The fourth-order valence-electron chi connectivity index (χ4n) is 2.64. The molecule has 0 bridgehead atoms. The first kappa shape index (κ1) is 31.6. The molecule has 3 aromatic rings. The molecule has 3 aromatic carbocycles. The summed E-state index contributed by atoms with van der Waals surface area (Å²) < 4.78 is 4.38. The van der Waals surface area contributed by atoms with E-state index in [1.807, 2.05) is 73.7 Å². The van der Waals surface area contributed by atoms with Crippen molar-refractivity contribution in [2.45, 2.75) is 13.8 Å². The summed E-state index contributed by atoms with van der Waals surface area (Å²) in [6.07, 6.45) is 0. The minimum absolute atomic E-state index is 0.0336. The number of hydrogen-bond acceptors (Lipinski definition) is 5. The van der Waals surface area contributed by atoms with Crippen LogP contribution in [0.2, 0.25) is 0 Å². The third-order valence-electron chi connectivity index (χ3n) is 4.55. The number of carbonyl (C=O) groups excluding carboxylic acids is 4. The lowest BCUT2D eigenvalue weighted by Crippen LogP contribution is -2.17. The van der Waals surface area contributed by atoms with E-state index in [-0.39, 0.29) is 23.5 Å². The Morgan fingerprint density at radius 1 is 0.639 bits per heavy atom. The maximum atomic E-state index is 11.4. The van der Waals surface area contributed by atoms with Crippen LogP contribution in [-0.4, -0.2) is 45.9 Å². The fourth-order valence-corrected chi connectivity index (χ4v) is 3.52. The van der Waals surface area contributed by atoms with Gasteiger partial charge in [-0.15, -0.1) is 0 Å². The van der Waals surface area contributed by atoms with E-state index in [1.54, 1.807) is 6.92 Å². The standard InChI is InChI=1S/C14H11BrO.C9H9BrO.C5H7BrO3/c15-10-14(16)13-8-6-12(7-9-13)11-4-2-1-3-5-11;1-7-2-4-8(5-3-7)9(11)6-10;1-2-9-5(8)4(7)3-6/h1-9H,10H2;2-5H,6H2,1H3;2-3H2,1H3. The number of Topliss-reactive ketones (excluding diaryl/α,β-unsaturated/α-hetero) is 3. The van der Waals surface area contributed by atoms with Gasteiger partial charge in [0.2, 0.25) is 5.78 Å². The molecule has 0 N–H and O–H groups in total. The third kappa shape index (κ3) is 11.5. The van der Waals surface area contributed by atoms with Gasteiger partial charge in [0.15, 0.2) is 11.6 Å². The first-order valence-electron chi connectivity index (χ1n) is 10.9. The number of hydrogen-bond donors (Lipinski definition) is 0. The summed E-state index contributed by atoms with van der Waals surface area (Å²) in [5, 5.41) is 0.805. The Balaban J connectivity index is 0.000000286. The SMILES string of the molecule is CCOC(=O)C(=O)CBr.Cc1ccc(C(=O)CBr)cc1.O=C(CBr)c1ccc(-c2ccccc2)cc1. The van der Waals surface area contributed by atoms with Crippen LogP contribution in [0.15, 0.2) is 78.9 Å². The molecule has 36 heavy (non-hydrogen) atoms. The van der Waals surface area contributed by atoms with Gasteiger partial charge in [-0.2, -0.15) is 0 Å². The second-order valence-electron chi connectivity index (χ2n) is 7.20. The molecule has 0 amide bonds. The van der Waals surface area contributed by atoms with Crippen molar-refractivity contribution in [1.82, 2.24) is 0 Å². The topological polar surface area (TPSA) is 77.5 Å². The van der Waals surface area contributed by atoms with Crippen LogP contribution < -0.4 is 0 Å². The number of rotatable bonds is 8. The molecule has 0 aliphatic rings. The number of alkyl halides is 3. The van der Waals surface area contributed by atoms with Crippen molar-refractivity contribution in [3.8, 4) is 11.1 Å². The number of benzene rings is 3. The van der Waals surface area contributed by atoms with Crippen molar-refractivity contribution in [2.24, 2.45) is 0 Å². The van der Waals surface area contributed by atoms with Crippen LogP contribution in [0, 0.1) is 6.92 Å². The summed E-state index contributed by atoms with van der Waals surface area (Å²) in [6, 6.07) is 25.4. The molecule has 3 rings (SSSR count). The highest BCUT2D eigenvalue weighted by atomic mass is 79.9. The zero-order chi connectivity index (χ0) is 26.9. The summed E-state index contributed by atoms with van der Waals surface area (Å²) in [5.41, 5.74) is 4.99. The van der Waals surface area contributed by atoms with E-state index in [4.69, 9.17) is 0 Å². The molecule has 0 radical (unpaired) electrons. The van der Waals surface area contributed by atoms with Gasteiger partial charge in [0.25, 0.3) is 0 Å². The largest absolute Gasteiger partial charge is 0.460 e. The number of ketones is 3. The van der Waals surface area contributed by atoms with Crippen molar-refractivity contribution in [2.75, 3.05) is 22.6 Å². The zero-order valence-electron chi connectivity index (χ0n) is 20.0. The monoisotopic (exact) mass is 680 g/mol. The van der Waals surface area contributed by atoms with Crippen molar-refractivity contribution in [3.05, 3.63) is 95.6 Å². The Morgan fingerprint density at radius 2 is 1.08 bits per heavy atom. The van der Waals surface area contributed by atoms with E-state index in [0.29, 0.717) is 10.7 Å². The Morgan fingerprint density at radius 3 is 1.50 bits per heavy atom. The maximum Gasteiger partial charge on any atom is 0.375 e. The Hall–Kier alpha value is -2.42. The van der Waals surface area contributed by atoms with E-state index in [1.165, 1.54) is 11.1 Å². The van der Waals surface area contributed by atoms with Crippen LogP contribution in [-0.2, 0) is 14.3 Å². The summed E-state index contributed by atoms with van der Waals surface area (Å²) >= 11 is 9.12. The number of aryl methyl sites for hydroxylation is 1. The van der Waals surface area contributed by atoms with Gasteiger partial charge in [0, 0.05) is 11.1 Å². The molecule has 0 saturated heterocycles. The molecule has 8 heteroatoms. The fraction of sp³-hybridized carbons (Fsp3) is 0.214. The van der Waals surface area contributed by atoms with Crippen molar-refractivity contribution in [1.29, 1.82) is 0 Å². The van der Waals surface area contributed by atoms with E-state index in [2.05, 4.69) is 64.7 Å². The minimum Gasteiger partial charge on any atom is -0.460 e. The average Bonchev–Trinajstić information content (AvgIpc) is 2.93. The highest BCUT2D eigenvalue weighted by Crippen LogP contribution is 2.19. The molecule has 0 heterocycles. The van der Waals surface area contributed by atoms with Gasteiger partial charge in [-0.1, -0.05) is 132 Å². The van der Waals surface area contributed by atoms with E-state index in [0.717, 1.165) is 16.7 Å². The van der Waals surface area contributed by atoms with Gasteiger partial charge in [0.05, 0.1) is 22.6 Å². The molecule has 190 valence electrons. The summed E-state index contributed by atoms with van der Waals surface area (Å²) in [7, 11) is 0. The Bertz CT molecular complexity index is 1110. The highest BCUT2D eigenvalue weighted by molar-refractivity contribution is 9.09. The molecule has 0 spiro atoms. The molecule has 0 aliphatic carbocycles. The number of esters is 1. The Kier molecular flexibility index (Phi) is 15.7. The molecule has 0 unspecified atom stereocenters. The lowest BCUT2D eigenvalue weighted by molar-refractivity contribution is -0.152. The third-order valence-corrected chi connectivity index (χ3v) is 6.08. The van der Waals surface area contributed by atoms with Crippen molar-refractivity contribution >= 4 is 71.1 Å². The summed E-state index contributed by atoms with van der Waals surface area (Å²) in [6.45, 7) is 3.90. The van der Waals surface area contributed by atoms with E-state index < -0.39 is 11.8 Å². The molecule has 0 aliphatic heterocycles. The normalized spacial score (nSPS) is 9.58. The second kappa shape index (κ2) is 17.9. The van der Waals surface area contributed by atoms with Gasteiger partial charge < -0.3 is 4.74 Å². The Labute approximate surface area is 237 Å². The van der Waals surface area contributed by atoms with Gasteiger partial charge in [-0.05, 0) is 25.0 Å². The molecular formula is C28H27Br3O5. The molecule has 0 atom stereocenters. The lowest BCUT2D eigenvalue weighted by Gasteiger charge is -2.02. The first-order chi connectivity index (χ1) is 17.3. The van der Waals surface area contributed by atoms with Crippen molar-refractivity contribution < 1.29 is 23.9 Å². The smallest absolute Gasteiger partial charge is 0.375 e. The van der Waals surface area contributed by atoms with Crippen molar-refractivity contribution in [3.63, 3.8) is 0 Å². The van der Waals surface area contributed by atoms with Crippen LogP contribution >= 0.6 is 47.8 Å². The number of carbonyl (C=O) groups is 4. The lowest BCUT2D eigenvalue weighted by atomic mass is 10.0. The van der Waals surface area contributed by atoms with Crippen LogP contribution in [0.3, 0.4) is 0 Å². The molecule has 0 aromatic heterocycles. The van der Waals surface area contributed by atoms with Gasteiger partial charge in [-0.25, -0.2) is 4.79 Å². The highest BCUT2D eigenvalue weighted by Gasteiger charge is 2.11. The van der Waals surface area contributed by atoms with E-state index >= 15 is 0 Å². The summed E-state index contributed by atoms with van der Waals surface area (Å²) in [5.74, 6) is -1.07. The molecule has 0 fully saturated rings. The second-order valence-corrected chi connectivity index (χ2v) is 8.88. The summed E-state index contributed by atoms with van der Waals surface area (Å²) in [4.78, 5) is 43.2. The quantitative estimate of drug-likeness (QED) is 0.111. The predicted molar refractivity (Wildman–Crippen MR) is 155 cm³/mol. The van der Waals surface area contributed by atoms with Crippen LogP contribution in [0.4, 0.5) is 0 Å². The first-order valence-corrected chi connectivity index (χ1v) is 14.3. The zero-order valence-corrected chi connectivity index (χ0v) is 24.8. The van der Waals surface area contributed by atoms with Crippen LogP contribution in [0.1, 0.15) is 33.2 Å². The van der Waals surface area contributed by atoms with Crippen LogP contribution in [0.5, 0.6) is 0 Å². The molecular weight excluding hydrogens is 656 g/mol. The van der Waals surface area contributed by atoms with Gasteiger partial charge >= 0.3 is 5.97 Å². The molecule has 0 saturated carbocycles. The van der Waals surface area contributed by atoms with Gasteiger partial charge in [-0.3, -0.25) is 14.4 Å². The maximum absolute atomic E-state index is 11.4. The average molecular weight is 683 g/mol. The van der Waals surface area contributed by atoms with Gasteiger partial charge in [0.1, 0.15) is 0 Å². The number of halogens is 3. The van der Waals surface area contributed by atoms with E-state index in [9.17, 15) is 19.2 Å². The number of ether oxygens (including phenoxy) is 1. The molecule has 5 nitrogen and oxygen atoms in total. The van der Waals surface area contributed by atoms with Crippen LogP contribution in [0.25, 0.3) is 11.1 Å².